The molecule has 2 atom stereocenters. The highest BCUT2D eigenvalue weighted by molar-refractivity contribution is 6.31. The quantitative estimate of drug-likeness (QED) is 0.181. The lowest BCUT2D eigenvalue weighted by molar-refractivity contribution is -0.130. The second-order valence-corrected chi connectivity index (χ2v) is 8.02. The van der Waals surface area contributed by atoms with E-state index in [4.69, 9.17) is 17.4 Å². The lowest BCUT2D eigenvalue weighted by Crippen LogP contribution is -2.50. The van der Waals surface area contributed by atoms with Crippen molar-refractivity contribution in [2.45, 2.75) is 18.7 Å². The smallest absolute Gasteiger partial charge is 0.408 e. The molecular weight excluding hydrogens is 458 g/mol. The molecule has 0 fully saturated rings. The van der Waals surface area contributed by atoms with Gasteiger partial charge in [-0.25, -0.2) is 20.6 Å². The number of benzene rings is 3. The number of aliphatic hydroxyl groups excluding tert-OH is 1. The van der Waals surface area contributed by atoms with E-state index in [0.717, 1.165) is 9.91 Å². The van der Waals surface area contributed by atoms with E-state index >= 15 is 0 Å². The van der Waals surface area contributed by atoms with Crippen LogP contribution >= 0.6 is 11.6 Å². The highest BCUT2D eigenvalue weighted by Crippen LogP contribution is 2.30. The number of fused-ring (bicyclic) bond motifs is 1. The van der Waals surface area contributed by atoms with Gasteiger partial charge in [0.05, 0.1) is 35.6 Å². The summed E-state index contributed by atoms with van der Waals surface area (Å²) in [5, 5.41) is 22.4. The van der Waals surface area contributed by atoms with Crippen molar-refractivity contribution in [1.82, 2.24) is 14.9 Å². The van der Waals surface area contributed by atoms with Crippen LogP contribution in [0.5, 0.6) is 0 Å². The molecule has 0 aliphatic carbocycles. The molecule has 34 heavy (non-hydrogen) atoms. The zero-order valence-corrected chi connectivity index (χ0v) is 18.6. The average molecular weight is 480 g/mol. The SMILES string of the molecule is NN(C(=O)C(O)C(c1ccccc1)N(Cc1ccccc1Cl)C(=O)O)c1ccc2nc[nH]c2c1. The van der Waals surface area contributed by atoms with E-state index in [1.165, 1.54) is 6.33 Å². The molecular formula is C24H22ClN5O4. The number of aromatic nitrogens is 2. The van der Waals surface area contributed by atoms with Crippen molar-refractivity contribution >= 4 is 40.3 Å². The molecule has 4 aromatic rings. The third-order valence-electron chi connectivity index (χ3n) is 5.49. The monoisotopic (exact) mass is 479 g/mol. The number of hydrogen-bond acceptors (Lipinski definition) is 5. The summed E-state index contributed by atoms with van der Waals surface area (Å²) in [5.74, 6) is 5.19. The van der Waals surface area contributed by atoms with Crippen LogP contribution in [0.25, 0.3) is 11.0 Å². The maximum atomic E-state index is 13.3. The first-order chi connectivity index (χ1) is 16.4. The number of anilines is 1. The van der Waals surface area contributed by atoms with E-state index in [2.05, 4.69) is 9.97 Å². The van der Waals surface area contributed by atoms with Crippen LogP contribution in [0.2, 0.25) is 5.02 Å². The van der Waals surface area contributed by atoms with E-state index in [-0.39, 0.29) is 6.54 Å². The maximum Gasteiger partial charge on any atom is 0.408 e. The summed E-state index contributed by atoms with van der Waals surface area (Å²) < 4.78 is 0. The molecule has 1 heterocycles. The number of carbonyl (C=O) groups is 2. The highest BCUT2D eigenvalue weighted by Gasteiger charge is 2.37. The molecule has 9 nitrogen and oxygen atoms in total. The fraction of sp³-hybridized carbons (Fsp3) is 0.125. The van der Waals surface area contributed by atoms with Gasteiger partial charge in [-0.3, -0.25) is 9.69 Å². The summed E-state index contributed by atoms with van der Waals surface area (Å²) in [5.41, 5.74) is 2.60. The van der Waals surface area contributed by atoms with E-state index in [1.54, 1.807) is 72.8 Å². The van der Waals surface area contributed by atoms with E-state index < -0.39 is 24.1 Å². The lowest BCUT2D eigenvalue weighted by atomic mass is 9.98. The number of nitrogens with two attached hydrogens (primary N) is 1. The summed E-state index contributed by atoms with van der Waals surface area (Å²) >= 11 is 6.25. The number of aliphatic hydroxyl groups is 1. The van der Waals surface area contributed by atoms with Crippen molar-refractivity contribution in [2.24, 2.45) is 5.84 Å². The predicted molar refractivity (Wildman–Crippen MR) is 128 cm³/mol. The van der Waals surface area contributed by atoms with Crippen molar-refractivity contribution in [3.05, 3.63) is 95.3 Å². The fourth-order valence-corrected chi connectivity index (χ4v) is 3.95. The second kappa shape index (κ2) is 9.92. The lowest BCUT2D eigenvalue weighted by Gasteiger charge is -2.34. The predicted octanol–water partition coefficient (Wildman–Crippen LogP) is 3.71. The summed E-state index contributed by atoms with van der Waals surface area (Å²) in [7, 11) is 0. The molecule has 10 heteroatoms. The van der Waals surface area contributed by atoms with Crippen molar-refractivity contribution in [2.75, 3.05) is 5.01 Å². The summed E-state index contributed by atoms with van der Waals surface area (Å²) in [4.78, 5) is 33.6. The van der Waals surface area contributed by atoms with Gasteiger partial charge in [-0.05, 0) is 35.4 Å². The normalized spacial score (nSPS) is 12.8. The summed E-state index contributed by atoms with van der Waals surface area (Å²) in [6, 6.07) is 18.8. The second-order valence-electron chi connectivity index (χ2n) is 7.61. The van der Waals surface area contributed by atoms with Crippen molar-refractivity contribution in [3.63, 3.8) is 0 Å². The van der Waals surface area contributed by atoms with Crippen molar-refractivity contribution in [3.8, 4) is 0 Å². The van der Waals surface area contributed by atoms with Gasteiger partial charge in [-0.1, -0.05) is 60.1 Å². The number of amides is 2. The van der Waals surface area contributed by atoms with Gasteiger partial charge < -0.3 is 15.2 Å². The Hall–Kier alpha value is -3.92. The van der Waals surface area contributed by atoms with Gasteiger partial charge >= 0.3 is 6.09 Å². The number of nitrogens with zero attached hydrogens (tertiary/aromatic N) is 3. The molecule has 174 valence electrons. The van der Waals surface area contributed by atoms with Crippen molar-refractivity contribution in [1.29, 1.82) is 0 Å². The minimum absolute atomic E-state index is 0.149. The van der Waals surface area contributed by atoms with Crippen molar-refractivity contribution < 1.29 is 19.8 Å². The summed E-state index contributed by atoms with van der Waals surface area (Å²) in [6.45, 7) is -0.149. The molecule has 1 aromatic heterocycles. The van der Waals surface area contributed by atoms with Gasteiger partial charge in [-0.2, -0.15) is 0 Å². The Balaban J connectivity index is 1.69. The molecule has 0 aliphatic heterocycles. The molecule has 5 N–H and O–H groups in total. The van der Waals surface area contributed by atoms with Gasteiger partial charge in [0.1, 0.15) is 0 Å². The molecule has 0 aliphatic rings. The van der Waals surface area contributed by atoms with Crippen LogP contribution in [0.15, 0.2) is 79.1 Å². The number of nitrogens with one attached hydrogen (secondary N) is 1. The number of imidazole rings is 1. The van der Waals surface area contributed by atoms with Crippen LogP contribution in [0.1, 0.15) is 17.2 Å². The number of carboxylic acid groups (broad SMARTS) is 1. The molecule has 0 bridgehead atoms. The first-order valence-electron chi connectivity index (χ1n) is 10.3. The zero-order chi connectivity index (χ0) is 24.2. The van der Waals surface area contributed by atoms with Crippen LogP contribution in [-0.2, 0) is 11.3 Å². The maximum absolute atomic E-state index is 13.3. The number of rotatable bonds is 7. The standard InChI is InChI=1S/C24H22ClN5O4/c25-18-9-5-4-8-16(18)13-29(24(33)34)21(15-6-2-1-3-7-15)22(31)23(32)30(26)17-10-11-19-20(12-17)28-14-27-19/h1-12,14,21-22,31H,13,26H2,(H,27,28)(H,33,34). The Bertz CT molecular complexity index is 1310. The molecule has 3 aromatic carbocycles. The Labute approximate surface area is 200 Å². The number of hydrazine groups is 1. The van der Waals surface area contributed by atoms with Gasteiger partial charge in [-0.15, -0.1) is 0 Å². The Morgan fingerprint density at radius 1 is 1.06 bits per heavy atom. The minimum atomic E-state index is -1.80. The number of halogens is 1. The van der Waals surface area contributed by atoms with Gasteiger partial charge in [0.25, 0.3) is 5.91 Å². The minimum Gasteiger partial charge on any atom is -0.465 e. The van der Waals surface area contributed by atoms with E-state index in [1.807, 2.05) is 0 Å². The van der Waals surface area contributed by atoms with Crippen LogP contribution in [0.4, 0.5) is 10.5 Å². The van der Waals surface area contributed by atoms with Crippen LogP contribution in [0, 0.1) is 0 Å². The van der Waals surface area contributed by atoms with E-state index in [0.29, 0.717) is 32.9 Å². The molecule has 2 unspecified atom stereocenters. The average Bonchev–Trinajstić information content (AvgIpc) is 3.32. The molecule has 2 amide bonds. The third kappa shape index (κ3) is 4.72. The number of hydrogen-bond donors (Lipinski definition) is 4. The third-order valence-corrected chi connectivity index (χ3v) is 5.86. The van der Waals surface area contributed by atoms with Crippen LogP contribution in [-0.4, -0.2) is 43.2 Å². The van der Waals surface area contributed by atoms with Crippen LogP contribution < -0.4 is 10.9 Å². The van der Waals surface area contributed by atoms with Crippen LogP contribution in [0.3, 0.4) is 0 Å². The van der Waals surface area contributed by atoms with Gasteiger partial charge in [0.2, 0.25) is 0 Å². The first kappa shape index (κ1) is 23.2. The largest absolute Gasteiger partial charge is 0.465 e. The van der Waals surface area contributed by atoms with E-state index in [9.17, 15) is 19.8 Å². The Kier molecular flexibility index (Phi) is 6.78. The Morgan fingerprint density at radius 3 is 2.47 bits per heavy atom. The molecule has 0 saturated heterocycles. The molecule has 0 saturated carbocycles. The molecule has 0 spiro atoms. The zero-order valence-electron chi connectivity index (χ0n) is 17.9. The molecule has 0 radical (unpaired) electrons. The number of aromatic amines is 1. The van der Waals surface area contributed by atoms with Gasteiger partial charge in [0, 0.05) is 5.02 Å². The van der Waals surface area contributed by atoms with Gasteiger partial charge in [0.15, 0.2) is 6.10 Å². The summed E-state index contributed by atoms with van der Waals surface area (Å²) in [6.07, 6.45) is -1.62. The highest BCUT2D eigenvalue weighted by atomic mass is 35.5. The Morgan fingerprint density at radius 2 is 1.76 bits per heavy atom. The number of carbonyl (C=O) groups excluding carboxylic acids is 1. The number of H-pyrrole nitrogens is 1. The first-order valence-corrected chi connectivity index (χ1v) is 10.7. The fourth-order valence-electron chi connectivity index (χ4n) is 3.76. The molecule has 4 rings (SSSR count). The topological polar surface area (TPSA) is 136 Å².